The van der Waals surface area contributed by atoms with Crippen molar-refractivity contribution in [3.8, 4) is 11.8 Å². The summed E-state index contributed by atoms with van der Waals surface area (Å²) in [5.74, 6) is 5.56. The van der Waals surface area contributed by atoms with Crippen molar-refractivity contribution in [3.05, 3.63) is 15.8 Å². The van der Waals surface area contributed by atoms with Gasteiger partial charge in [-0.15, -0.1) is 11.3 Å². The monoisotopic (exact) mass is 434 g/mol. The van der Waals surface area contributed by atoms with E-state index in [1.165, 1.54) is 0 Å². The first-order valence-corrected chi connectivity index (χ1v) is 11.3. The predicted molar refractivity (Wildman–Crippen MR) is 121 cm³/mol. The molecule has 166 valence electrons. The third-order valence-electron chi connectivity index (χ3n) is 5.33. The number of carbonyl (C=O) groups is 2. The number of carboxylic acids is 1. The number of ether oxygens (including phenoxy) is 1. The van der Waals surface area contributed by atoms with Crippen molar-refractivity contribution in [1.29, 1.82) is 0 Å². The van der Waals surface area contributed by atoms with Crippen LogP contribution >= 0.6 is 11.3 Å². The first kappa shape index (κ1) is 24.4. The van der Waals surface area contributed by atoms with Gasteiger partial charge in [-0.2, -0.15) is 0 Å². The van der Waals surface area contributed by atoms with Crippen molar-refractivity contribution in [2.24, 2.45) is 23.0 Å². The molecular weight excluding hydrogens is 400 g/mol. The van der Waals surface area contributed by atoms with Gasteiger partial charge in [-0.3, -0.25) is 4.79 Å². The average Bonchev–Trinajstić information content (AvgIpc) is 3.10. The van der Waals surface area contributed by atoms with Gasteiger partial charge in [0, 0.05) is 25.0 Å². The molecule has 2 rings (SSSR count). The smallest absolute Gasteiger partial charge is 0.348 e. The van der Waals surface area contributed by atoms with Crippen LogP contribution in [0.1, 0.15) is 67.9 Å². The third-order valence-corrected chi connectivity index (χ3v) is 6.35. The van der Waals surface area contributed by atoms with Crippen LogP contribution in [0.4, 0.5) is 5.69 Å². The van der Waals surface area contributed by atoms with Crippen LogP contribution in [0, 0.1) is 29.1 Å². The number of aromatic carboxylic acids is 1. The van der Waals surface area contributed by atoms with Crippen molar-refractivity contribution in [2.45, 2.75) is 59.4 Å². The highest BCUT2D eigenvalue weighted by molar-refractivity contribution is 7.15. The van der Waals surface area contributed by atoms with E-state index in [1.807, 2.05) is 20.8 Å². The minimum absolute atomic E-state index is 0.0648. The van der Waals surface area contributed by atoms with Gasteiger partial charge in [0.25, 0.3) is 0 Å². The van der Waals surface area contributed by atoms with Gasteiger partial charge in [0.05, 0.1) is 23.2 Å². The van der Waals surface area contributed by atoms with Crippen molar-refractivity contribution in [1.82, 2.24) is 0 Å². The van der Waals surface area contributed by atoms with E-state index in [-0.39, 0.29) is 35.3 Å². The van der Waals surface area contributed by atoms with Crippen LogP contribution in [-0.4, -0.2) is 43.3 Å². The first-order chi connectivity index (χ1) is 14.1. The Morgan fingerprint density at radius 1 is 1.33 bits per heavy atom. The highest BCUT2D eigenvalue weighted by atomic mass is 32.1. The Kier molecular flexibility index (Phi) is 8.48. The van der Waals surface area contributed by atoms with Crippen molar-refractivity contribution in [2.75, 3.05) is 25.2 Å². The lowest BCUT2D eigenvalue weighted by atomic mass is 9.82. The van der Waals surface area contributed by atoms with Crippen LogP contribution < -0.4 is 10.6 Å². The van der Waals surface area contributed by atoms with Crippen molar-refractivity contribution < 1.29 is 19.4 Å². The van der Waals surface area contributed by atoms with Crippen LogP contribution in [-0.2, 0) is 9.53 Å². The third kappa shape index (κ3) is 6.31. The lowest BCUT2D eigenvalue weighted by Gasteiger charge is -2.35. The van der Waals surface area contributed by atoms with E-state index in [9.17, 15) is 14.7 Å². The predicted octanol–water partition coefficient (Wildman–Crippen LogP) is 3.98. The molecule has 1 aromatic heterocycles. The maximum absolute atomic E-state index is 13.6. The molecule has 7 heteroatoms. The number of carboxylic acid groups (broad SMARTS) is 1. The molecule has 1 amide bonds. The largest absolute Gasteiger partial charge is 0.477 e. The fraction of sp³-hybridized carbons (Fsp3) is 0.652. The highest BCUT2D eigenvalue weighted by Gasteiger charge is 2.35. The number of nitrogens with two attached hydrogens (primary N) is 1. The topological polar surface area (TPSA) is 92.9 Å². The zero-order valence-corrected chi connectivity index (χ0v) is 19.5. The number of carbonyl (C=O) groups excluding carboxylic acids is 1. The fourth-order valence-electron chi connectivity index (χ4n) is 3.66. The standard InChI is InChI=1S/C23H34N2O4S/c1-15-6-8-16(9-7-15)21(26)25(17(13-24)14-29-5)19-12-18(10-11-23(2,3)4)30-20(19)22(27)28/h12,15-17H,6-9,13-14,24H2,1-5H3,(H,27,28)/t15?,16?,17-/m0/s1. The minimum atomic E-state index is -1.07. The zero-order chi connectivity index (χ0) is 22.5. The van der Waals surface area contributed by atoms with Crippen molar-refractivity contribution in [3.63, 3.8) is 0 Å². The second-order valence-corrected chi connectivity index (χ2v) is 10.2. The molecule has 0 aromatic carbocycles. The molecule has 1 aliphatic carbocycles. The van der Waals surface area contributed by atoms with Crippen LogP contribution in [0.3, 0.4) is 0 Å². The summed E-state index contributed by atoms with van der Waals surface area (Å²) in [7, 11) is 1.56. The van der Waals surface area contributed by atoms with Crippen LogP contribution in [0.25, 0.3) is 0 Å². The Balaban J connectivity index is 2.51. The second-order valence-electron chi connectivity index (χ2n) is 9.14. The van der Waals surface area contributed by atoms with E-state index in [2.05, 4.69) is 18.8 Å². The molecule has 1 saturated carbocycles. The molecule has 1 heterocycles. The van der Waals surface area contributed by atoms with Crippen LogP contribution in [0.15, 0.2) is 6.07 Å². The fourth-order valence-corrected chi connectivity index (χ4v) is 4.51. The van der Waals surface area contributed by atoms with E-state index in [0.29, 0.717) is 16.5 Å². The van der Waals surface area contributed by atoms with Crippen LogP contribution in [0.2, 0.25) is 0 Å². The highest BCUT2D eigenvalue weighted by Crippen LogP contribution is 2.36. The van der Waals surface area contributed by atoms with Gasteiger partial charge < -0.3 is 20.5 Å². The maximum Gasteiger partial charge on any atom is 0.348 e. The summed E-state index contributed by atoms with van der Waals surface area (Å²) in [5, 5.41) is 9.83. The molecule has 0 bridgehead atoms. The van der Waals surface area contributed by atoms with Gasteiger partial charge in [-0.05, 0) is 58.4 Å². The Hall–Kier alpha value is -1.88. The molecule has 1 atom stereocenters. The van der Waals surface area contributed by atoms with Gasteiger partial charge in [0.1, 0.15) is 4.88 Å². The van der Waals surface area contributed by atoms with E-state index < -0.39 is 12.0 Å². The van der Waals surface area contributed by atoms with Gasteiger partial charge in [0.15, 0.2) is 0 Å². The lowest BCUT2D eigenvalue weighted by Crippen LogP contribution is -2.50. The molecule has 0 radical (unpaired) electrons. The van der Waals surface area contributed by atoms with Crippen molar-refractivity contribution >= 4 is 28.9 Å². The number of amides is 1. The Labute approximate surface area is 183 Å². The molecule has 1 aromatic rings. The quantitative estimate of drug-likeness (QED) is 0.633. The zero-order valence-electron chi connectivity index (χ0n) is 18.7. The number of anilines is 1. The summed E-state index contributed by atoms with van der Waals surface area (Å²) in [6, 6.07) is 1.28. The summed E-state index contributed by atoms with van der Waals surface area (Å²) >= 11 is 1.10. The summed E-state index contributed by atoms with van der Waals surface area (Å²) in [6.45, 7) is 8.61. The van der Waals surface area contributed by atoms with E-state index >= 15 is 0 Å². The lowest BCUT2D eigenvalue weighted by molar-refractivity contribution is -0.124. The molecule has 30 heavy (non-hydrogen) atoms. The minimum Gasteiger partial charge on any atom is -0.477 e. The normalized spacial score (nSPS) is 20.2. The molecule has 1 fully saturated rings. The van der Waals surface area contributed by atoms with E-state index in [4.69, 9.17) is 10.5 Å². The molecule has 0 unspecified atom stereocenters. The molecule has 3 N–H and O–H groups in total. The number of methoxy groups -OCH3 is 1. The Morgan fingerprint density at radius 2 is 1.97 bits per heavy atom. The molecule has 0 saturated heterocycles. The summed E-state index contributed by atoms with van der Waals surface area (Å²) < 4.78 is 5.31. The van der Waals surface area contributed by atoms with Gasteiger partial charge in [-0.25, -0.2) is 4.79 Å². The molecular formula is C23H34N2O4S. The molecule has 0 spiro atoms. The first-order valence-electron chi connectivity index (χ1n) is 10.5. The molecule has 6 nitrogen and oxygen atoms in total. The summed E-state index contributed by atoms with van der Waals surface area (Å²) in [6.07, 6.45) is 3.62. The molecule has 1 aliphatic rings. The SMILES string of the molecule is COC[C@H](CN)N(C(=O)C1CCC(C)CC1)c1cc(C#CC(C)(C)C)sc1C(=O)O. The summed E-state index contributed by atoms with van der Waals surface area (Å²) in [5.41, 5.74) is 6.16. The maximum atomic E-state index is 13.6. The van der Waals surface area contributed by atoms with Gasteiger partial charge >= 0.3 is 5.97 Å². The van der Waals surface area contributed by atoms with E-state index in [0.717, 1.165) is 37.0 Å². The van der Waals surface area contributed by atoms with Gasteiger partial charge in [-0.1, -0.05) is 18.8 Å². The second kappa shape index (κ2) is 10.4. The number of hydrogen-bond acceptors (Lipinski definition) is 5. The average molecular weight is 435 g/mol. The number of nitrogens with zero attached hydrogens (tertiary/aromatic N) is 1. The number of hydrogen-bond donors (Lipinski definition) is 2. The number of thiophene rings is 1. The summed E-state index contributed by atoms with van der Waals surface area (Å²) in [4.78, 5) is 27.9. The van der Waals surface area contributed by atoms with E-state index in [1.54, 1.807) is 18.1 Å². The van der Waals surface area contributed by atoms with Gasteiger partial charge in [0.2, 0.25) is 5.91 Å². The Bertz CT molecular complexity index is 807. The Morgan fingerprint density at radius 3 is 2.47 bits per heavy atom. The molecule has 0 aliphatic heterocycles. The number of rotatable bonds is 7. The van der Waals surface area contributed by atoms with Crippen LogP contribution in [0.5, 0.6) is 0 Å².